The van der Waals surface area contributed by atoms with Gasteiger partial charge < -0.3 is 10.2 Å². The first kappa shape index (κ1) is 20.0. The van der Waals surface area contributed by atoms with Gasteiger partial charge in [0.2, 0.25) is 11.8 Å². The zero-order valence-electron chi connectivity index (χ0n) is 15.7. The second-order valence-electron chi connectivity index (χ2n) is 6.79. The SMILES string of the molecule is CC(=O)N1CCc2cc(S(=O)(=O)CCC(=O)Nc3ccc(F)cc3C)ccc21. The minimum atomic E-state index is -3.65. The van der Waals surface area contributed by atoms with Crippen LogP contribution in [-0.2, 0) is 25.8 Å². The summed E-state index contributed by atoms with van der Waals surface area (Å²) in [6.07, 6.45) is 0.387. The average Bonchev–Trinajstić information content (AvgIpc) is 3.06. The van der Waals surface area contributed by atoms with Crippen molar-refractivity contribution in [3.8, 4) is 0 Å². The first-order chi connectivity index (χ1) is 13.2. The summed E-state index contributed by atoms with van der Waals surface area (Å²) < 4.78 is 38.3. The Balaban J connectivity index is 1.67. The minimum Gasteiger partial charge on any atom is -0.326 e. The highest BCUT2D eigenvalue weighted by Gasteiger charge is 2.25. The van der Waals surface area contributed by atoms with E-state index in [2.05, 4.69) is 5.32 Å². The molecule has 0 saturated carbocycles. The molecule has 0 unspecified atom stereocenters. The van der Waals surface area contributed by atoms with Gasteiger partial charge in [0.25, 0.3) is 0 Å². The van der Waals surface area contributed by atoms with Crippen LogP contribution < -0.4 is 10.2 Å². The van der Waals surface area contributed by atoms with Crippen LogP contribution in [-0.4, -0.2) is 32.5 Å². The maximum atomic E-state index is 13.1. The fourth-order valence-corrected chi connectivity index (χ4v) is 4.51. The first-order valence-electron chi connectivity index (χ1n) is 8.87. The van der Waals surface area contributed by atoms with Gasteiger partial charge in [-0.25, -0.2) is 12.8 Å². The summed E-state index contributed by atoms with van der Waals surface area (Å²) in [5.74, 6) is -1.28. The number of nitrogens with one attached hydrogen (secondary N) is 1. The number of amides is 2. The van der Waals surface area contributed by atoms with Gasteiger partial charge in [-0.1, -0.05) is 0 Å². The third-order valence-corrected chi connectivity index (χ3v) is 6.46. The zero-order valence-corrected chi connectivity index (χ0v) is 16.5. The molecule has 1 aliphatic rings. The summed E-state index contributed by atoms with van der Waals surface area (Å²) >= 11 is 0. The summed E-state index contributed by atoms with van der Waals surface area (Å²) in [5.41, 5.74) is 2.55. The number of nitrogens with zero attached hydrogens (tertiary/aromatic N) is 1. The number of halogens is 1. The molecule has 1 aliphatic heterocycles. The van der Waals surface area contributed by atoms with E-state index in [4.69, 9.17) is 0 Å². The van der Waals surface area contributed by atoms with Gasteiger partial charge >= 0.3 is 0 Å². The third kappa shape index (κ3) is 4.22. The van der Waals surface area contributed by atoms with E-state index in [0.717, 1.165) is 11.3 Å². The highest BCUT2D eigenvalue weighted by Crippen LogP contribution is 2.30. The number of hydrogen-bond acceptors (Lipinski definition) is 4. The second kappa shape index (κ2) is 7.71. The smallest absolute Gasteiger partial charge is 0.225 e. The van der Waals surface area contributed by atoms with Crippen molar-refractivity contribution in [3.63, 3.8) is 0 Å². The minimum absolute atomic E-state index is 0.0814. The van der Waals surface area contributed by atoms with Gasteiger partial charge in [0.15, 0.2) is 9.84 Å². The molecule has 6 nitrogen and oxygen atoms in total. The van der Waals surface area contributed by atoms with Crippen molar-refractivity contribution >= 4 is 33.0 Å². The number of carbonyl (C=O) groups is 2. The molecule has 0 aliphatic carbocycles. The summed E-state index contributed by atoms with van der Waals surface area (Å²) in [6.45, 7) is 3.67. The van der Waals surface area contributed by atoms with Crippen molar-refractivity contribution in [1.82, 2.24) is 0 Å². The summed E-state index contributed by atoms with van der Waals surface area (Å²) in [4.78, 5) is 25.5. The highest BCUT2D eigenvalue weighted by molar-refractivity contribution is 7.91. The highest BCUT2D eigenvalue weighted by atomic mass is 32.2. The van der Waals surface area contributed by atoms with Crippen molar-refractivity contribution in [3.05, 3.63) is 53.3 Å². The van der Waals surface area contributed by atoms with Gasteiger partial charge in [0.1, 0.15) is 5.82 Å². The van der Waals surface area contributed by atoms with E-state index in [0.29, 0.717) is 24.2 Å². The van der Waals surface area contributed by atoms with Crippen LogP contribution in [0.3, 0.4) is 0 Å². The van der Waals surface area contributed by atoms with Gasteiger partial charge in [-0.2, -0.15) is 0 Å². The molecule has 0 saturated heterocycles. The molecule has 0 bridgehead atoms. The molecule has 8 heteroatoms. The number of sulfone groups is 1. The Morgan fingerprint density at radius 2 is 1.93 bits per heavy atom. The van der Waals surface area contributed by atoms with Crippen LogP contribution in [0.15, 0.2) is 41.3 Å². The van der Waals surface area contributed by atoms with Crippen molar-refractivity contribution in [2.45, 2.75) is 31.6 Å². The molecule has 0 radical (unpaired) electrons. The van der Waals surface area contributed by atoms with Gasteiger partial charge in [0.05, 0.1) is 10.6 Å². The molecule has 2 amide bonds. The Bertz CT molecular complexity index is 1050. The number of benzene rings is 2. The molecule has 0 spiro atoms. The Kier molecular flexibility index (Phi) is 5.51. The van der Waals surface area contributed by atoms with Gasteiger partial charge in [-0.05, 0) is 60.9 Å². The molecule has 0 atom stereocenters. The van der Waals surface area contributed by atoms with E-state index < -0.39 is 21.6 Å². The van der Waals surface area contributed by atoms with E-state index >= 15 is 0 Å². The molecule has 0 aromatic heterocycles. The molecule has 3 rings (SSSR count). The molecular formula is C20H21FN2O4S. The largest absolute Gasteiger partial charge is 0.326 e. The Labute approximate surface area is 163 Å². The van der Waals surface area contributed by atoms with E-state index in [1.54, 1.807) is 24.0 Å². The predicted molar refractivity (Wildman–Crippen MR) is 105 cm³/mol. The predicted octanol–water partition coefficient (Wildman–Crippen LogP) is 2.85. The van der Waals surface area contributed by atoms with Crippen LogP contribution >= 0.6 is 0 Å². The lowest BCUT2D eigenvalue weighted by Gasteiger charge is -2.15. The van der Waals surface area contributed by atoms with Gasteiger partial charge in [-0.15, -0.1) is 0 Å². The van der Waals surface area contributed by atoms with E-state index in [1.165, 1.54) is 31.2 Å². The Hall–Kier alpha value is -2.74. The average molecular weight is 404 g/mol. The van der Waals surface area contributed by atoms with Crippen molar-refractivity contribution in [1.29, 1.82) is 0 Å². The first-order valence-corrected chi connectivity index (χ1v) is 10.5. The van der Waals surface area contributed by atoms with Gasteiger partial charge in [0, 0.05) is 31.3 Å². The number of rotatable bonds is 5. The summed E-state index contributed by atoms with van der Waals surface area (Å²) in [7, 11) is -3.65. The van der Waals surface area contributed by atoms with Crippen LogP contribution in [0.5, 0.6) is 0 Å². The van der Waals surface area contributed by atoms with Crippen molar-refractivity contribution < 1.29 is 22.4 Å². The lowest BCUT2D eigenvalue weighted by atomic mass is 10.2. The van der Waals surface area contributed by atoms with E-state index in [1.807, 2.05) is 0 Å². The fourth-order valence-electron chi connectivity index (χ4n) is 3.22. The third-order valence-electron chi connectivity index (χ3n) is 4.75. The zero-order chi connectivity index (χ0) is 20.5. The second-order valence-corrected chi connectivity index (χ2v) is 8.90. The van der Waals surface area contributed by atoms with Crippen LogP contribution in [0, 0.1) is 12.7 Å². The Morgan fingerprint density at radius 1 is 1.18 bits per heavy atom. The topological polar surface area (TPSA) is 83.6 Å². The standard InChI is InChI=1S/C20H21FN2O4S/c1-13-11-16(21)3-5-18(13)22-20(25)8-10-28(26,27)17-4-6-19-15(12-17)7-9-23(19)14(2)24/h3-6,11-12H,7-10H2,1-2H3,(H,22,25). The van der Waals surface area contributed by atoms with Crippen molar-refractivity contribution in [2.75, 3.05) is 22.5 Å². The molecule has 2 aromatic carbocycles. The van der Waals surface area contributed by atoms with Crippen LogP contribution in [0.2, 0.25) is 0 Å². The molecule has 0 fully saturated rings. The normalized spacial score (nSPS) is 13.3. The van der Waals surface area contributed by atoms with Crippen molar-refractivity contribution in [2.24, 2.45) is 0 Å². The fraction of sp³-hybridized carbons (Fsp3) is 0.300. The lowest BCUT2D eigenvalue weighted by molar-refractivity contribution is -0.117. The molecule has 28 heavy (non-hydrogen) atoms. The van der Waals surface area contributed by atoms with E-state index in [-0.39, 0.29) is 23.0 Å². The summed E-state index contributed by atoms with van der Waals surface area (Å²) in [6, 6.07) is 8.65. The maximum absolute atomic E-state index is 13.1. The quantitative estimate of drug-likeness (QED) is 0.831. The van der Waals surface area contributed by atoms with Crippen LogP contribution in [0.1, 0.15) is 24.5 Å². The number of aryl methyl sites for hydroxylation is 1. The number of carbonyl (C=O) groups excluding carboxylic acids is 2. The summed E-state index contributed by atoms with van der Waals surface area (Å²) in [5, 5.41) is 2.61. The van der Waals surface area contributed by atoms with Crippen LogP contribution in [0.25, 0.3) is 0 Å². The van der Waals surface area contributed by atoms with Crippen LogP contribution in [0.4, 0.5) is 15.8 Å². The maximum Gasteiger partial charge on any atom is 0.225 e. The monoisotopic (exact) mass is 404 g/mol. The molecule has 148 valence electrons. The number of fused-ring (bicyclic) bond motifs is 1. The molecular weight excluding hydrogens is 383 g/mol. The number of anilines is 2. The van der Waals surface area contributed by atoms with E-state index in [9.17, 15) is 22.4 Å². The molecule has 1 N–H and O–H groups in total. The lowest BCUT2D eigenvalue weighted by Crippen LogP contribution is -2.25. The molecule has 2 aromatic rings. The van der Waals surface area contributed by atoms with Gasteiger partial charge in [-0.3, -0.25) is 9.59 Å². The number of hydrogen-bond donors (Lipinski definition) is 1. The Morgan fingerprint density at radius 3 is 2.61 bits per heavy atom. The molecule has 1 heterocycles.